The highest BCUT2D eigenvalue weighted by atomic mass is 19.1. The molecule has 0 spiro atoms. The van der Waals surface area contributed by atoms with Crippen LogP contribution in [0.25, 0.3) is 27.6 Å². The summed E-state index contributed by atoms with van der Waals surface area (Å²) >= 11 is 0. The van der Waals surface area contributed by atoms with E-state index in [1.54, 1.807) is 6.07 Å². The fourth-order valence-corrected chi connectivity index (χ4v) is 6.34. The Morgan fingerprint density at radius 3 is 2.36 bits per heavy atom. The predicted molar refractivity (Wildman–Crippen MR) is 155 cm³/mol. The second-order valence-corrected chi connectivity index (χ2v) is 11.2. The quantitative estimate of drug-likeness (QED) is 0.412. The van der Waals surface area contributed by atoms with Gasteiger partial charge in [-0.15, -0.1) is 0 Å². The average molecular weight is 533 g/mol. The Kier molecular flexibility index (Phi) is 6.81. The minimum Gasteiger partial charge on any atom is -0.367 e. The number of carbonyl (C=O) groups is 1. The number of aryl methyl sites for hydroxylation is 1. The smallest absolute Gasteiger partial charge is 0.259 e. The van der Waals surface area contributed by atoms with Gasteiger partial charge in [0.05, 0.1) is 27.6 Å². The van der Waals surface area contributed by atoms with Crippen LogP contribution in [0.5, 0.6) is 0 Å². The van der Waals surface area contributed by atoms with Crippen molar-refractivity contribution >= 4 is 39.2 Å². The number of amides is 1. The van der Waals surface area contributed by atoms with E-state index >= 15 is 4.39 Å². The molecule has 2 aliphatic heterocycles. The third kappa shape index (κ3) is 4.47. The molecule has 6 rings (SSSR count). The molecule has 0 bridgehead atoms. The van der Waals surface area contributed by atoms with Crippen LogP contribution < -0.4 is 15.6 Å². The third-order valence-corrected chi connectivity index (χ3v) is 8.54. The number of para-hydroxylation sites is 2. The van der Waals surface area contributed by atoms with E-state index in [0.29, 0.717) is 42.5 Å². The van der Waals surface area contributed by atoms with Crippen LogP contribution in [-0.4, -0.2) is 83.1 Å². The van der Waals surface area contributed by atoms with E-state index < -0.39 is 17.2 Å². The summed E-state index contributed by atoms with van der Waals surface area (Å²) in [5, 5.41) is 3.19. The second-order valence-electron chi connectivity index (χ2n) is 11.2. The molecule has 0 atom stereocenters. The number of carbonyl (C=O) groups excluding carboxylic acids is 1. The molecule has 2 aliphatic rings. The molecule has 206 valence electrons. The number of aromatic nitrogens is 2. The van der Waals surface area contributed by atoms with Gasteiger partial charge in [-0.25, -0.2) is 4.39 Å². The summed E-state index contributed by atoms with van der Waals surface area (Å²) in [5.74, 6) is -0.850. The summed E-state index contributed by atoms with van der Waals surface area (Å²) in [7, 11) is 1.87. The Morgan fingerprint density at radius 2 is 1.67 bits per heavy atom. The number of anilines is 1. The van der Waals surface area contributed by atoms with Gasteiger partial charge < -0.3 is 19.7 Å². The number of pyridine rings is 1. The number of nitrogens with zero attached hydrogens (tertiary/aromatic N) is 5. The molecule has 2 aromatic heterocycles. The van der Waals surface area contributed by atoms with Crippen molar-refractivity contribution in [2.75, 3.05) is 57.3 Å². The first-order chi connectivity index (χ1) is 18.8. The molecular formula is C30H37FN6O2. The van der Waals surface area contributed by atoms with E-state index in [0.717, 1.165) is 43.8 Å². The fraction of sp³-hybridized carbons (Fsp3) is 0.467. The third-order valence-electron chi connectivity index (χ3n) is 8.54. The Morgan fingerprint density at radius 1 is 0.974 bits per heavy atom. The van der Waals surface area contributed by atoms with Crippen molar-refractivity contribution in [3.63, 3.8) is 0 Å². The minimum atomic E-state index is -0.440. The van der Waals surface area contributed by atoms with Gasteiger partial charge in [-0.3, -0.25) is 18.9 Å². The van der Waals surface area contributed by atoms with Crippen molar-refractivity contribution in [3.05, 3.63) is 58.0 Å². The lowest BCUT2D eigenvalue weighted by Gasteiger charge is -2.38. The molecular weight excluding hydrogens is 495 g/mol. The zero-order valence-electron chi connectivity index (χ0n) is 23.0. The van der Waals surface area contributed by atoms with Crippen molar-refractivity contribution in [2.45, 2.75) is 32.7 Å². The molecule has 0 unspecified atom stereocenters. The Labute approximate surface area is 227 Å². The largest absolute Gasteiger partial charge is 0.367 e. The van der Waals surface area contributed by atoms with Gasteiger partial charge in [-0.05, 0) is 64.0 Å². The highest BCUT2D eigenvalue weighted by Crippen LogP contribution is 2.31. The monoisotopic (exact) mass is 532 g/mol. The Balaban J connectivity index is 1.48. The maximum absolute atomic E-state index is 15.7. The lowest BCUT2D eigenvalue weighted by molar-refractivity contribution is 0.0950. The molecule has 0 radical (unpaired) electrons. The van der Waals surface area contributed by atoms with Crippen LogP contribution in [-0.2, 0) is 7.05 Å². The van der Waals surface area contributed by atoms with Gasteiger partial charge in [-0.2, -0.15) is 0 Å². The molecule has 1 amide bonds. The number of imidazole rings is 1. The maximum atomic E-state index is 15.7. The summed E-state index contributed by atoms with van der Waals surface area (Å²) in [5.41, 5.74) is 3.01. The number of hydrogen-bond acceptors (Lipinski definition) is 5. The summed E-state index contributed by atoms with van der Waals surface area (Å²) in [6.07, 6.45) is 2.36. The zero-order valence-corrected chi connectivity index (χ0v) is 23.0. The molecule has 9 heteroatoms. The number of piperazine rings is 1. The van der Waals surface area contributed by atoms with Crippen molar-refractivity contribution in [1.82, 2.24) is 24.1 Å². The molecule has 0 saturated carbocycles. The van der Waals surface area contributed by atoms with Crippen molar-refractivity contribution < 1.29 is 9.18 Å². The normalized spacial score (nSPS) is 17.3. The van der Waals surface area contributed by atoms with Gasteiger partial charge >= 0.3 is 0 Å². The summed E-state index contributed by atoms with van der Waals surface area (Å²) < 4.78 is 19.5. The van der Waals surface area contributed by atoms with Crippen molar-refractivity contribution in [1.29, 1.82) is 0 Å². The first kappa shape index (κ1) is 25.8. The van der Waals surface area contributed by atoms with Crippen molar-refractivity contribution in [2.24, 2.45) is 7.05 Å². The highest BCUT2D eigenvalue weighted by Gasteiger charge is 2.27. The average Bonchev–Trinajstić information content (AvgIpc) is 3.55. The molecule has 2 fully saturated rings. The first-order valence-corrected chi connectivity index (χ1v) is 14.1. The van der Waals surface area contributed by atoms with E-state index in [4.69, 9.17) is 0 Å². The number of benzene rings is 2. The molecule has 39 heavy (non-hydrogen) atoms. The summed E-state index contributed by atoms with van der Waals surface area (Å²) in [6.45, 7) is 10.8. The van der Waals surface area contributed by atoms with Crippen LogP contribution in [0.15, 0.2) is 41.2 Å². The van der Waals surface area contributed by atoms with E-state index in [-0.39, 0.29) is 10.9 Å². The number of rotatable bonds is 6. The van der Waals surface area contributed by atoms with Gasteiger partial charge in [0, 0.05) is 52.4 Å². The summed E-state index contributed by atoms with van der Waals surface area (Å²) in [4.78, 5) is 34.2. The van der Waals surface area contributed by atoms with Gasteiger partial charge in [0.25, 0.3) is 5.91 Å². The SMILES string of the molecule is CC(C)N1CCN(c2cc3c(cc2F)c(=O)c(C(=O)NCCN2CCCC2)c2n(C)c4ccccc4n32)CC1. The van der Waals surface area contributed by atoms with E-state index in [2.05, 4.69) is 33.9 Å². The second kappa shape index (κ2) is 10.3. The lowest BCUT2D eigenvalue weighted by atomic mass is 10.1. The van der Waals surface area contributed by atoms with E-state index in [9.17, 15) is 9.59 Å². The van der Waals surface area contributed by atoms with Crippen LogP contribution in [0.2, 0.25) is 0 Å². The number of hydrogen-bond donors (Lipinski definition) is 1. The van der Waals surface area contributed by atoms with Gasteiger partial charge in [0.1, 0.15) is 17.0 Å². The molecule has 2 aromatic carbocycles. The zero-order chi connectivity index (χ0) is 27.3. The minimum absolute atomic E-state index is 0.0559. The number of likely N-dealkylation sites (tertiary alicyclic amines) is 1. The predicted octanol–water partition coefficient (Wildman–Crippen LogP) is 3.44. The lowest BCUT2D eigenvalue weighted by Crippen LogP contribution is -2.49. The van der Waals surface area contributed by atoms with Crippen LogP contribution >= 0.6 is 0 Å². The molecule has 4 heterocycles. The van der Waals surface area contributed by atoms with Crippen LogP contribution in [0, 0.1) is 5.82 Å². The molecule has 0 aliphatic carbocycles. The summed E-state index contributed by atoms with van der Waals surface area (Å²) in [6, 6.07) is 11.4. The number of nitrogens with one attached hydrogen (secondary N) is 1. The standard InChI is InChI=1S/C30H37FN6O2/c1-20(2)35-14-16-36(17-15-35)26-19-25-21(18-22(26)31)28(38)27(29(39)32-10-13-34-11-6-7-12-34)30-33(3)23-8-4-5-9-24(23)37(25)30/h4-5,8-9,18-20H,6-7,10-17H2,1-3H3,(H,32,39). The van der Waals surface area contributed by atoms with Gasteiger partial charge in [-0.1, -0.05) is 12.1 Å². The first-order valence-electron chi connectivity index (χ1n) is 14.1. The Bertz CT molecular complexity index is 1610. The maximum Gasteiger partial charge on any atom is 0.259 e. The number of halogens is 1. The molecule has 4 aromatic rings. The van der Waals surface area contributed by atoms with Gasteiger partial charge in [0.15, 0.2) is 0 Å². The molecule has 1 N–H and O–H groups in total. The number of fused-ring (bicyclic) bond motifs is 5. The Hall–Kier alpha value is -3.43. The fourth-order valence-electron chi connectivity index (χ4n) is 6.34. The van der Waals surface area contributed by atoms with Crippen LogP contribution in [0.4, 0.5) is 10.1 Å². The topological polar surface area (TPSA) is 65.2 Å². The van der Waals surface area contributed by atoms with Gasteiger partial charge in [0.2, 0.25) is 5.43 Å². The highest BCUT2D eigenvalue weighted by molar-refractivity contribution is 6.06. The molecule has 8 nitrogen and oxygen atoms in total. The molecule has 2 saturated heterocycles. The van der Waals surface area contributed by atoms with E-state index in [1.165, 1.54) is 18.9 Å². The van der Waals surface area contributed by atoms with E-state index in [1.807, 2.05) is 40.3 Å². The van der Waals surface area contributed by atoms with Crippen LogP contribution in [0.3, 0.4) is 0 Å². The van der Waals surface area contributed by atoms with Crippen LogP contribution in [0.1, 0.15) is 37.0 Å². The van der Waals surface area contributed by atoms with Crippen molar-refractivity contribution in [3.8, 4) is 0 Å².